The molecule has 0 fully saturated rings. The highest BCUT2D eigenvalue weighted by Gasteiger charge is 2.22. The van der Waals surface area contributed by atoms with Gasteiger partial charge in [0, 0.05) is 24.4 Å². The summed E-state index contributed by atoms with van der Waals surface area (Å²) in [6.45, 7) is 8.15. The molecule has 188 valence electrons. The molecule has 1 aromatic carbocycles. The van der Waals surface area contributed by atoms with Crippen LogP contribution < -0.4 is 9.47 Å². The standard InChI is InChI=1S/C27H40N2O4S/c1-6-8-10-26(30)28(15-9-7-2)20-27(31)29(19-25-21(3)14-17-34-25)16-13-22-11-12-23(32-4)24(18-22)33-5/h11-12,14,17-18H,6-10,13,15-16,19-20H2,1-5H3. The van der Waals surface area contributed by atoms with Crippen molar-refractivity contribution in [3.05, 3.63) is 45.6 Å². The molecule has 6 nitrogen and oxygen atoms in total. The number of rotatable bonds is 15. The van der Waals surface area contributed by atoms with Crippen LogP contribution in [0.15, 0.2) is 29.6 Å². The van der Waals surface area contributed by atoms with Gasteiger partial charge in [0.15, 0.2) is 11.5 Å². The van der Waals surface area contributed by atoms with Crippen LogP contribution in [0.5, 0.6) is 11.5 Å². The summed E-state index contributed by atoms with van der Waals surface area (Å²) in [7, 11) is 3.24. The minimum atomic E-state index is -0.00534. The van der Waals surface area contributed by atoms with Crippen molar-refractivity contribution < 1.29 is 19.1 Å². The van der Waals surface area contributed by atoms with Gasteiger partial charge < -0.3 is 19.3 Å². The van der Waals surface area contributed by atoms with Crippen LogP contribution in [0.25, 0.3) is 0 Å². The molecule has 0 aliphatic rings. The van der Waals surface area contributed by atoms with E-state index in [1.165, 1.54) is 10.4 Å². The monoisotopic (exact) mass is 488 g/mol. The number of ether oxygens (including phenoxy) is 2. The molecule has 1 aromatic heterocycles. The lowest BCUT2D eigenvalue weighted by molar-refractivity contribution is -0.141. The van der Waals surface area contributed by atoms with Gasteiger partial charge in [0.05, 0.1) is 27.3 Å². The molecule has 0 spiro atoms. The number of nitrogens with zero attached hydrogens (tertiary/aromatic N) is 2. The molecule has 0 saturated heterocycles. The Labute approximate surface area is 208 Å². The molecule has 0 atom stereocenters. The van der Waals surface area contributed by atoms with Crippen molar-refractivity contribution in [2.75, 3.05) is 33.9 Å². The molecule has 34 heavy (non-hydrogen) atoms. The number of carbonyl (C=O) groups is 2. The van der Waals surface area contributed by atoms with Gasteiger partial charge in [-0.15, -0.1) is 11.3 Å². The van der Waals surface area contributed by atoms with Crippen LogP contribution in [0.4, 0.5) is 0 Å². The summed E-state index contributed by atoms with van der Waals surface area (Å²) in [5, 5.41) is 2.06. The number of amides is 2. The summed E-state index contributed by atoms with van der Waals surface area (Å²) in [6.07, 6.45) is 4.91. The molecular weight excluding hydrogens is 448 g/mol. The maximum Gasteiger partial charge on any atom is 0.242 e. The van der Waals surface area contributed by atoms with Crippen molar-refractivity contribution in [2.24, 2.45) is 0 Å². The van der Waals surface area contributed by atoms with E-state index in [-0.39, 0.29) is 18.4 Å². The Bertz CT molecular complexity index is 912. The van der Waals surface area contributed by atoms with Gasteiger partial charge in [0.2, 0.25) is 11.8 Å². The summed E-state index contributed by atoms with van der Waals surface area (Å²) in [6, 6.07) is 7.93. The fourth-order valence-corrected chi connectivity index (χ4v) is 4.64. The molecule has 0 aliphatic heterocycles. The third-order valence-corrected chi connectivity index (χ3v) is 6.99. The Morgan fingerprint density at radius 3 is 2.26 bits per heavy atom. The first-order valence-corrected chi connectivity index (χ1v) is 13.1. The Morgan fingerprint density at radius 2 is 1.65 bits per heavy atom. The lowest BCUT2D eigenvalue weighted by Gasteiger charge is -2.28. The first kappa shape index (κ1) is 27.7. The lowest BCUT2D eigenvalue weighted by atomic mass is 10.1. The van der Waals surface area contributed by atoms with Gasteiger partial charge in [-0.25, -0.2) is 0 Å². The van der Waals surface area contributed by atoms with E-state index in [9.17, 15) is 9.59 Å². The van der Waals surface area contributed by atoms with Crippen LogP contribution in [0.1, 0.15) is 62.0 Å². The minimum Gasteiger partial charge on any atom is -0.493 e. The van der Waals surface area contributed by atoms with Crippen molar-refractivity contribution in [3.8, 4) is 11.5 Å². The zero-order valence-corrected chi connectivity index (χ0v) is 22.2. The first-order valence-electron chi connectivity index (χ1n) is 12.2. The van der Waals surface area contributed by atoms with Gasteiger partial charge in [0.1, 0.15) is 0 Å². The predicted molar refractivity (Wildman–Crippen MR) is 139 cm³/mol. The van der Waals surface area contributed by atoms with Crippen LogP contribution in [-0.2, 0) is 22.6 Å². The Hall–Kier alpha value is -2.54. The van der Waals surface area contributed by atoms with Gasteiger partial charge in [-0.05, 0) is 60.9 Å². The van der Waals surface area contributed by atoms with Gasteiger partial charge in [-0.1, -0.05) is 32.8 Å². The maximum atomic E-state index is 13.5. The Balaban J connectivity index is 2.17. The number of aryl methyl sites for hydroxylation is 1. The topological polar surface area (TPSA) is 59.1 Å². The van der Waals surface area contributed by atoms with Crippen molar-refractivity contribution in [3.63, 3.8) is 0 Å². The summed E-state index contributed by atoms with van der Waals surface area (Å²) in [4.78, 5) is 31.1. The molecule has 0 aliphatic carbocycles. The molecule has 0 saturated carbocycles. The quantitative estimate of drug-likeness (QED) is 0.334. The normalized spacial score (nSPS) is 10.7. The fraction of sp³-hybridized carbons (Fsp3) is 0.556. The number of thiophene rings is 1. The second kappa shape index (κ2) is 14.7. The second-order valence-electron chi connectivity index (χ2n) is 8.55. The largest absolute Gasteiger partial charge is 0.493 e. The highest BCUT2D eigenvalue weighted by Crippen LogP contribution is 2.28. The van der Waals surface area contributed by atoms with E-state index in [0.717, 1.165) is 31.2 Å². The van der Waals surface area contributed by atoms with Crippen molar-refractivity contribution in [2.45, 2.75) is 65.8 Å². The summed E-state index contributed by atoms with van der Waals surface area (Å²) in [5.74, 6) is 1.44. The van der Waals surface area contributed by atoms with Gasteiger partial charge in [0.25, 0.3) is 0 Å². The van der Waals surface area contributed by atoms with E-state index in [0.29, 0.717) is 44.0 Å². The fourth-order valence-electron chi connectivity index (χ4n) is 3.72. The average molecular weight is 489 g/mol. The first-order chi connectivity index (χ1) is 16.4. The van der Waals surface area contributed by atoms with E-state index < -0.39 is 0 Å². The molecule has 2 aromatic rings. The molecule has 0 N–H and O–H groups in total. The highest BCUT2D eigenvalue weighted by atomic mass is 32.1. The van der Waals surface area contributed by atoms with E-state index in [1.807, 2.05) is 23.1 Å². The number of hydrogen-bond donors (Lipinski definition) is 0. The molecule has 0 radical (unpaired) electrons. The average Bonchev–Trinajstić information content (AvgIpc) is 3.26. The molecule has 0 bridgehead atoms. The zero-order chi connectivity index (χ0) is 24.9. The summed E-state index contributed by atoms with van der Waals surface area (Å²) in [5.41, 5.74) is 2.26. The number of carbonyl (C=O) groups excluding carboxylic acids is 2. The third kappa shape index (κ3) is 8.35. The number of hydrogen-bond acceptors (Lipinski definition) is 5. The zero-order valence-electron chi connectivity index (χ0n) is 21.4. The van der Waals surface area contributed by atoms with Crippen molar-refractivity contribution >= 4 is 23.2 Å². The third-order valence-electron chi connectivity index (χ3n) is 5.98. The van der Waals surface area contributed by atoms with Crippen LogP contribution in [0, 0.1) is 6.92 Å². The van der Waals surface area contributed by atoms with Gasteiger partial charge >= 0.3 is 0 Å². The summed E-state index contributed by atoms with van der Waals surface area (Å²) >= 11 is 1.67. The van der Waals surface area contributed by atoms with E-state index in [4.69, 9.17) is 9.47 Å². The SMILES string of the molecule is CCCCC(=O)N(CCCC)CC(=O)N(CCc1ccc(OC)c(OC)c1)Cc1sccc1C. The van der Waals surface area contributed by atoms with E-state index in [1.54, 1.807) is 30.5 Å². The van der Waals surface area contributed by atoms with E-state index in [2.05, 4.69) is 32.2 Å². The summed E-state index contributed by atoms with van der Waals surface area (Å²) < 4.78 is 10.8. The molecule has 7 heteroatoms. The number of benzene rings is 1. The molecule has 2 rings (SSSR count). The van der Waals surface area contributed by atoms with Crippen LogP contribution >= 0.6 is 11.3 Å². The van der Waals surface area contributed by atoms with Crippen LogP contribution in [0.3, 0.4) is 0 Å². The predicted octanol–water partition coefficient (Wildman–Crippen LogP) is 5.46. The Morgan fingerprint density at radius 1 is 0.912 bits per heavy atom. The Kier molecular flexibility index (Phi) is 11.9. The lowest BCUT2D eigenvalue weighted by Crippen LogP contribution is -2.43. The molecular formula is C27H40N2O4S. The molecule has 1 heterocycles. The number of methoxy groups -OCH3 is 2. The minimum absolute atomic E-state index is 0.00534. The highest BCUT2D eigenvalue weighted by molar-refractivity contribution is 7.10. The van der Waals surface area contributed by atoms with Crippen molar-refractivity contribution in [1.82, 2.24) is 9.80 Å². The van der Waals surface area contributed by atoms with Gasteiger partial charge in [-0.2, -0.15) is 0 Å². The maximum absolute atomic E-state index is 13.5. The van der Waals surface area contributed by atoms with Gasteiger partial charge in [-0.3, -0.25) is 9.59 Å². The smallest absolute Gasteiger partial charge is 0.242 e. The second-order valence-corrected chi connectivity index (χ2v) is 9.55. The van der Waals surface area contributed by atoms with Crippen LogP contribution in [0.2, 0.25) is 0 Å². The van der Waals surface area contributed by atoms with E-state index >= 15 is 0 Å². The molecule has 0 unspecified atom stereocenters. The number of unbranched alkanes of at least 4 members (excludes halogenated alkanes) is 2. The van der Waals surface area contributed by atoms with Crippen LogP contribution in [-0.4, -0.2) is 55.5 Å². The molecule has 2 amide bonds. The van der Waals surface area contributed by atoms with Crippen molar-refractivity contribution in [1.29, 1.82) is 0 Å².